The summed E-state index contributed by atoms with van der Waals surface area (Å²) >= 11 is 0. The molecule has 1 heterocycles. The van der Waals surface area contributed by atoms with Crippen LogP contribution in [0.25, 0.3) is 0 Å². The number of carbonyl (C=O) groups excluding carboxylic acids is 1. The second-order valence-corrected chi connectivity index (χ2v) is 2.59. The Labute approximate surface area is 59.7 Å². The molecule has 0 aliphatic carbocycles. The number of aliphatic imine (C=N–C) groups is 1. The monoisotopic (exact) mass is 141 g/mol. The fraction of sp³-hybridized carbons (Fsp3) is 0.667. The first-order valence-corrected chi connectivity index (χ1v) is 3.25. The van der Waals surface area contributed by atoms with Crippen molar-refractivity contribution < 1.29 is 4.79 Å². The van der Waals surface area contributed by atoms with E-state index >= 15 is 0 Å². The van der Waals surface area contributed by atoms with Gasteiger partial charge in [0.25, 0.3) is 5.91 Å². The largest absolute Gasteiger partial charge is 0.369 e. The molecule has 0 unspecified atom stereocenters. The Morgan fingerprint density at radius 1 is 1.70 bits per heavy atom. The van der Waals surface area contributed by atoms with Crippen LogP contribution in [0.1, 0.15) is 13.8 Å². The van der Waals surface area contributed by atoms with Gasteiger partial charge in [-0.1, -0.05) is 0 Å². The maximum atomic E-state index is 10.7. The molecule has 1 aliphatic rings. The van der Waals surface area contributed by atoms with Gasteiger partial charge in [0.1, 0.15) is 6.54 Å². The van der Waals surface area contributed by atoms with Crippen molar-refractivity contribution >= 4 is 11.9 Å². The minimum atomic E-state index is -0.147. The molecule has 4 nitrogen and oxygen atoms in total. The maximum absolute atomic E-state index is 10.7. The smallest absolute Gasteiger partial charge is 0.268 e. The average molecular weight is 141 g/mol. The molecule has 0 saturated heterocycles. The normalized spacial score (nSPS) is 18.5. The van der Waals surface area contributed by atoms with E-state index in [2.05, 4.69) is 4.99 Å². The van der Waals surface area contributed by atoms with Crippen molar-refractivity contribution in [2.75, 3.05) is 6.54 Å². The van der Waals surface area contributed by atoms with Crippen LogP contribution >= 0.6 is 0 Å². The van der Waals surface area contributed by atoms with E-state index in [4.69, 9.17) is 5.73 Å². The second-order valence-electron chi connectivity index (χ2n) is 2.59. The van der Waals surface area contributed by atoms with E-state index in [9.17, 15) is 4.79 Å². The van der Waals surface area contributed by atoms with Gasteiger partial charge in [-0.15, -0.1) is 0 Å². The Hall–Kier alpha value is -1.06. The average Bonchev–Trinajstić information content (AvgIpc) is 2.10. The lowest BCUT2D eigenvalue weighted by Gasteiger charge is -2.20. The fourth-order valence-corrected chi connectivity index (χ4v) is 0.901. The number of guanidine groups is 1. The van der Waals surface area contributed by atoms with Crippen molar-refractivity contribution in [2.45, 2.75) is 19.9 Å². The number of hydrogen-bond acceptors (Lipinski definition) is 3. The molecule has 1 rings (SSSR count). The summed E-state index contributed by atoms with van der Waals surface area (Å²) in [6.45, 7) is 4.28. The summed E-state index contributed by atoms with van der Waals surface area (Å²) in [4.78, 5) is 16.0. The summed E-state index contributed by atoms with van der Waals surface area (Å²) in [6, 6.07) is 0.259. The molecule has 4 heteroatoms. The van der Waals surface area contributed by atoms with Crippen molar-refractivity contribution in [3.8, 4) is 0 Å². The highest BCUT2D eigenvalue weighted by atomic mass is 16.2. The van der Waals surface area contributed by atoms with Crippen molar-refractivity contribution in [3.63, 3.8) is 0 Å². The lowest BCUT2D eigenvalue weighted by Crippen LogP contribution is -2.39. The quantitative estimate of drug-likeness (QED) is 0.538. The van der Waals surface area contributed by atoms with E-state index in [0.717, 1.165) is 0 Å². The van der Waals surface area contributed by atoms with Crippen LogP contribution in [-0.4, -0.2) is 29.4 Å². The third kappa shape index (κ3) is 1.10. The first-order valence-electron chi connectivity index (χ1n) is 3.25. The Balaban J connectivity index is 2.68. The predicted octanol–water partition coefficient (Wildman–Crippen LogP) is -0.448. The highest BCUT2D eigenvalue weighted by molar-refractivity contribution is 6.00. The Morgan fingerprint density at radius 2 is 2.30 bits per heavy atom. The van der Waals surface area contributed by atoms with Crippen LogP contribution in [0.3, 0.4) is 0 Å². The minimum Gasteiger partial charge on any atom is -0.369 e. The van der Waals surface area contributed by atoms with E-state index < -0.39 is 0 Å². The summed E-state index contributed by atoms with van der Waals surface area (Å²) < 4.78 is 0. The van der Waals surface area contributed by atoms with Crippen molar-refractivity contribution in [2.24, 2.45) is 10.7 Å². The van der Waals surface area contributed by atoms with Gasteiger partial charge in [-0.2, -0.15) is 4.99 Å². The van der Waals surface area contributed by atoms with Gasteiger partial charge in [-0.05, 0) is 13.8 Å². The molecule has 0 fully saturated rings. The van der Waals surface area contributed by atoms with Crippen LogP contribution in [-0.2, 0) is 4.79 Å². The van der Waals surface area contributed by atoms with Gasteiger partial charge in [0.2, 0.25) is 0 Å². The zero-order chi connectivity index (χ0) is 7.72. The molecular formula is C6H11N3O. The SMILES string of the molecule is CC(C)N1CC(=O)N=C1N. The van der Waals surface area contributed by atoms with Crippen molar-refractivity contribution in [1.29, 1.82) is 0 Å². The topological polar surface area (TPSA) is 58.7 Å². The second kappa shape index (κ2) is 2.28. The molecule has 10 heavy (non-hydrogen) atoms. The molecule has 0 aromatic heterocycles. The lowest BCUT2D eigenvalue weighted by atomic mass is 10.3. The summed E-state index contributed by atoms with van der Waals surface area (Å²) in [5.74, 6) is 0.200. The van der Waals surface area contributed by atoms with Crippen LogP contribution < -0.4 is 5.73 Å². The molecule has 0 saturated carbocycles. The van der Waals surface area contributed by atoms with Crippen molar-refractivity contribution in [1.82, 2.24) is 4.90 Å². The van der Waals surface area contributed by atoms with E-state index in [1.165, 1.54) is 0 Å². The lowest BCUT2D eigenvalue weighted by molar-refractivity contribution is -0.117. The zero-order valence-corrected chi connectivity index (χ0v) is 6.16. The number of amides is 1. The van der Waals surface area contributed by atoms with E-state index in [0.29, 0.717) is 12.5 Å². The first kappa shape index (κ1) is 7.05. The van der Waals surface area contributed by atoms with Gasteiger partial charge in [0.15, 0.2) is 5.96 Å². The van der Waals surface area contributed by atoms with Crippen LogP contribution in [0.4, 0.5) is 0 Å². The highest BCUT2D eigenvalue weighted by Gasteiger charge is 2.22. The van der Waals surface area contributed by atoms with Crippen molar-refractivity contribution in [3.05, 3.63) is 0 Å². The third-order valence-corrected chi connectivity index (χ3v) is 1.46. The van der Waals surface area contributed by atoms with Crippen LogP contribution in [0.15, 0.2) is 4.99 Å². The van der Waals surface area contributed by atoms with E-state index in [-0.39, 0.29) is 11.9 Å². The molecule has 0 aromatic carbocycles. The standard InChI is InChI=1S/C6H11N3O/c1-4(2)9-3-5(10)8-6(9)7/h4H,3H2,1-2H3,(H2,7,8,10). The number of rotatable bonds is 1. The number of carbonyl (C=O) groups is 1. The number of nitrogens with zero attached hydrogens (tertiary/aromatic N) is 2. The highest BCUT2D eigenvalue weighted by Crippen LogP contribution is 2.03. The number of hydrogen-bond donors (Lipinski definition) is 1. The molecule has 0 atom stereocenters. The molecule has 1 amide bonds. The molecule has 0 aromatic rings. The molecule has 0 radical (unpaired) electrons. The van der Waals surface area contributed by atoms with E-state index in [1.807, 2.05) is 13.8 Å². The van der Waals surface area contributed by atoms with Gasteiger partial charge < -0.3 is 10.6 Å². The van der Waals surface area contributed by atoms with Crippen LogP contribution in [0.2, 0.25) is 0 Å². The van der Waals surface area contributed by atoms with Crippen LogP contribution in [0.5, 0.6) is 0 Å². The van der Waals surface area contributed by atoms with Gasteiger partial charge in [0, 0.05) is 6.04 Å². The van der Waals surface area contributed by atoms with Gasteiger partial charge in [-0.25, -0.2) is 0 Å². The fourth-order valence-electron chi connectivity index (χ4n) is 0.901. The summed E-state index contributed by atoms with van der Waals surface area (Å²) in [6.07, 6.45) is 0. The molecule has 2 N–H and O–H groups in total. The van der Waals surface area contributed by atoms with E-state index in [1.54, 1.807) is 4.90 Å². The summed E-state index contributed by atoms with van der Waals surface area (Å²) in [5.41, 5.74) is 5.43. The Bertz CT molecular complexity index is 185. The van der Waals surface area contributed by atoms with Gasteiger partial charge >= 0.3 is 0 Å². The predicted molar refractivity (Wildman–Crippen MR) is 38.5 cm³/mol. The Morgan fingerprint density at radius 3 is 2.50 bits per heavy atom. The minimum absolute atomic E-state index is 0.147. The molecule has 0 spiro atoms. The molecule has 56 valence electrons. The Kier molecular flexibility index (Phi) is 1.61. The van der Waals surface area contributed by atoms with Gasteiger partial charge in [0.05, 0.1) is 0 Å². The maximum Gasteiger partial charge on any atom is 0.268 e. The summed E-state index contributed by atoms with van der Waals surface area (Å²) in [5, 5.41) is 0. The first-order chi connectivity index (χ1) is 4.61. The summed E-state index contributed by atoms with van der Waals surface area (Å²) in [7, 11) is 0. The number of nitrogens with two attached hydrogens (primary N) is 1. The zero-order valence-electron chi connectivity index (χ0n) is 6.16. The molecule has 1 aliphatic heterocycles. The third-order valence-electron chi connectivity index (χ3n) is 1.46. The van der Waals surface area contributed by atoms with Crippen LogP contribution in [0, 0.1) is 0 Å². The molecular weight excluding hydrogens is 130 g/mol. The van der Waals surface area contributed by atoms with Gasteiger partial charge in [-0.3, -0.25) is 4.79 Å². The molecule has 0 bridgehead atoms.